The zero-order valence-corrected chi connectivity index (χ0v) is 37.6. The molecule has 0 amide bonds. The van der Waals surface area contributed by atoms with Gasteiger partial charge in [0, 0.05) is 19.2 Å². The average molecular weight is 860 g/mol. The number of anilines is 1. The maximum Gasteiger partial charge on any atom is 0.472 e. The molecule has 59 heavy (non-hydrogen) atoms. The van der Waals surface area contributed by atoms with Crippen molar-refractivity contribution >= 4 is 19.6 Å². The summed E-state index contributed by atoms with van der Waals surface area (Å²) in [5, 5.41) is 21.0. The maximum atomic E-state index is 12.9. The molecule has 1 aromatic heterocycles. The standard InChI is InChI=1S/C44H82N3O11P/c1-3-5-7-9-11-13-15-17-19-21-23-25-27-29-33-54-34-37(57-40(48)30-28-26-24-22-20-18-16-14-12-10-8-6-4-2)35-55-59(52,53)56-36-38-41(49)42(50)43(58-38)47-32-31-39(45)46-44(47)51/h31-32,37-38,41-43,49-50H,3-30,33-36H2,1-2H3,(H,52,53)(H2,45,46,51)/t37?,38-,41-,42+,43-/m1/s1. The minimum atomic E-state index is -4.74. The molecule has 1 aliphatic heterocycles. The normalized spacial score (nSPS) is 19.5. The van der Waals surface area contributed by atoms with E-state index in [-0.39, 0.29) is 18.8 Å². The third kappa shape index (κ3) is 25.6. The first-order valence-corrected chi connectivity index (χ1v) is 24.8. The van der Waals surface area contributed by atoms with Gasteiger partial charge in [-0.3, -0.25) is 18.4 Å². The summed E-state index contributed by atoms with van der Waals surface area (Å²) >= 11 is 0. The van der Waals surface area contributed by atoms with E-state index in [9.17, 15) is 29.3 Å². The van der Waals surface area contributed by atoms with E-state index in [1.54, 1.807) is 0 Å². The second kappa shape index (κ2) is 33.7. The fourth-order valence-corrected chi connectivity index (χ4v) is 8.12. The lowest BCUT2D eigenvalue weighted by Crippen LogP contribution is -2.36. The number of hydrogen-bond acceptors (Lipinski definition) is 12. The number of carbonyl (C=O) groups is 1. The van der Waals surface area contributed by atoms with Gasteiger partial charge < -0.3 is 35.1 Å². The Morgan fingerprint density at radius 3 is 1.71 bits per heavy atom. The van der Waals surface area contributed by atoms with Crippen molar-refractivity contribution in [2.75, 3.05) is 32.2 Å². The van der Waals surface area contributed by atoms with Crippen LogP contribution in [0.4, 0.5) is 5.82 Å². The second-order valence-corrected chi connectivity index (χ2v) is 17.9. The van der Waals surface area contributed by atoms with Crippen molar-refractivity contribution in [3.63, 3.8) is 0 Å². The van der Waals surface area contributed by atoms with Crippen LogP contribution in [0.25, 0.3) is 0 Å². The molecule has 2 rings (SSSR count). The maximum absolute atomic E-state index is 12.9. The summed E-state index contributed by atoms with van der Waals surface area (Å²) in [5.74, 6) is -0.452. The van der Waals surface area contributed by atoms with Gasteiger partial charge in [0.25, 0.3) is 0 Å². The number of aliphatic hydroxyl groups is 2. The van der Waals surface area contributed by atoms with E-state index >= 15 is 0 Å². The summed E-state index contributed by atoms with van der Waals surface area (Å²) in [6.07, 6.45) is 27.9. The molecule has 1 aromatic rings. The second-order valence-electron chi connectivity index (χ2n) is 16.4. The van der Waals surface area contributed by atoms with E-state index in [4.69, 9.17) is 29.0 Å². The van der Waals surface area contributed by atoms with Crippen LogP contribution in [-0.2, 0) is 32.6 Å². The highest BCUT2D eigenvalue weighted by Gasteiger charge is 2.45. The highest BCUT2D eigenvalue weighted by atomic mass is 31.2. The number of rotatable bonds is 39. The van der Waals surface area contributed by atoms with Crippen LogP contribution in [0.2, 0.25) is 0 Å². The van der Waals surface area contributed by atoms with Crippen LogP contribution in [0, 0.1) is 0 Å². The number of nitrogen functional groups attached to an aromatic ring is 1. The number of ether oxygens (including phenoxy) is 3. The van der Waals surface area contributed by atoms with Crippen molar-refractivity contribution in [1.29, 1.82) is 0 Å². The number of phosphoric ester groups is 1. The van der Waals surface area contributed by atoms with E-state index in [0.717, 1.165) is 43.1 Å². The lowest BCUT2D eigenvalue weighted by molar-refractivity contribution is -0.154. The summed E-state index contributed by atoms with van der Waals surface area (Å²) in [7, 11) is -4.74. The molecule has 5 N–H and O–H groups in total. The first kappa shape index (κ1) is 53.2. The van der Waals surface area contributed by atoms with E-state index in [1.807, 2.05) is 0 Å². The molecular weight excluding hydrogens is 777 g/mol. The molecule has 0 bridgehead atoms. The van der Waals surface area contributed by atoms with E-state index in [1.165, 1.54) is 141 Å². The molecule has 0 aromatic carbocycles. The van der Waals surface area contributed by atoms with Gasteiger partial charge in [-0.25, -0.2) is 9.36 Å². The van der Waals surface area contributed by atoms with Crippen molar-refractivity contribution < 1.29 is 47.7 Å². The number of esters is 1. The number of nitrogens with two attached hydrogens (primary N) is 1. The van der Waals surface area contributed by atoms with Crippen LogP contribution in [0.15, 0.2) is 17.1 Å². The van der Waals surface area contributed by atoms with Crippen LogP contribution in [0.3, 0.4) is 0 Å². The molecule has 344 valence electrons. The van der Waals surface area contributed by atoms with Crippen LogP contribution in [-0.4, -0.2) is 81.5 Å². The Labute approximate surface area is 355 Å². The van der Waals surface area contributed by atoms with Crippen molar-refractivity contribution in [3.8, 4) is 0 Å². The van der Waals surface area contributed by atoms with Gasteiger partial charge in [-0.1, -0.05) is 174 Å². The predicted molar refractivity (Wildman–Crippen MR) is 232 cm³/mol. The third-order valence-electron chi connectivity index (χ3n) is 11.0. The van der Waals surface area contributed by atoms with Gasteiger partial charge in [-0.2, -0.15) is 4.98 Å². The number of aromatic nitrogens is 2. The summed E-state index contributed by atoms with van der Waals surface area (Å²) in [4.78, 5) is 39.1. The number of hydrogen-bond donors (Lipinski definition) is 4. The minimum absolute atomic E-state index is 0.00844. The number of phosphoric acid groups is 1. The molecule has 14 nitrogen and oxygen atoms in total. The Morgan fingerprint density at radius 1 is 0.746 bits per heavy atom. The monoisotopic (exact) mass is 860 g/mol. The quantitative estimate of drug-likeness (QED) is 0.0277. The number of carbonyl (C=O) groups excluding carboxylic acids is 1. The molecular formula is C44H82N3O11P. The minimum Gasteiger partial charge on any atom is -0.457 e. The summed E-state index contributed by atoms with van der Waals surface area (Å²) in [5.41, 5.74) is 4.73. The van der Waals surface area contributed by atoms with E-state index in [0.29, 0.717) is 13.0 Å². The van der Waals surface area contributed by atoms with Gasteiger partial charge >= 0.3 is 19.5 Å². The molecule has 0 saturated carbocycles. The lowest BCUT2D eigenvalue weighted by atomic mass is 10.0. The molecule has 0 spiro atoms. The molecule has 6 atom stereocenters. The summed E-state index contributed by atoms with van der Waals surface area (Å²) in [6, 6.07) is 1.33. The summed E-state index contributed by atoms with van der Waals surface area (Å²) < 4.78 is 41.2. The Hall–Kier alpha value is -1.90. The predicted octanol–water partition coefficient (Wildman–Crippen LogP) is 9.47. The molecule has 1 fully saturated rings. The Morgan fingerprint density at radius 2 is 1.22 bits per heavy atom. The van der Waals surface area contributed by atoms with E-state index < -0.39 is 63.3 Å². The molecule has 0 aliphatic carbocycles. The van der Waals surface area contributed by atoms with Crippen molar-refractivity contribution in [3.05, 3.63) is 22.7 Å². The van der Waals surface area contributed by atoms with Crippen molar-refractivity contribution in [2.24, 2.45) is 0 Å². The Bertz CT molecular complexity index is 1300. The van der Waals surface area contributed by atoms with Gasteiger partial charge in [-0.05, 0) is 18.9 Å². The fraction of sp³-hybridized carbons (Fsp3) is 0.886. The van der Waals surface area contributed by atoms with Crippen molar-refractivity contribution in [2.45, 2.75) is 224 Å². The van der Waals surface area contributed by atoms with Crippen LogP contribution < -0.4 is 11.4 Å². The molecule has 15 heteroatoms. The van der Waals surface area contributed by atoms with Gasteiger partial charge in [0.05, 0.1) is 19.8 Å². The van der Waals surface area contributed by atoms with Crippen LogP contribution >= 0.6 is 7.82 Å². The zero-order chi connectivity index (χ0) is 43.0. The molecule has 0 radical (unpaired) electrons. The van der Waals surface area contributed by atoms with Gasteiger partial charge in [0.2, 0.25) is 0 Å². The van der Waals surface area contributed by atoms with Crippen LogP contribution in [0.5, 0.6) is 0 Å². The molecule has 2 heterocycles. The van der Waals surface area contributed by atoms with Crippen LogP contribution in [0.1, 0.15) is 200 Å². The average Bonchev–Trinajstić information content (AvgIpc) is 3.49. The number of aliphatic hydroxyl groups excluding tert-OH is 2. The first-order chi connectivity index (χ1) is 28.6. The lowest BCUT2D eigenvalue weighted by Gasteiger charge is -2.21. The summed E-state index contributed by atoms with van der Waals surface area (Å²) in [6.45, 7) is 3.85. The largest absolute Gasteiger partial charge is 0.472 e. The Kier molecular flexibility index (Phi) is 30.4. The first-order valence-electron chi connectivity index (χ1n) is 23.3. The fourth-order valence-electron chi connectivity index (χ4n) is 7.36. The number of unbranched alkanes of at least 4 members (excludes halogenated alkanes) is 25. The molecule has 2 unspecified atom stereocenters. The Balaban J connectivity index is 1.73. The highest BCUT2D eigenvalue weighted by molar-refractivity contribution is 7.47. The van der Waals surface area contributed by atoms with Gasteiger partial charge in [0.1, 0.15) is 30.2 Å². The van der Waals surface area contributed by atoms with Gasteiger partial charge in [0.15, 0.2) is 6.23 Å². The smallest absolute Gasteiger partial charge is 0.457 e. The highest BCUT2D eigenvalue weighted by Crippen LogP contribution is 2.44. The topological polar surface area (TPSA) is 202 Å². The van der Waals surface area contributed by atoms with Gasteiger partial charge in [-0.15, -0.1) is 0 Å². The molecule has 1 aliphatic rings. The zero-order valence-electron chi connectivity index (χ0n) is 36.7. The van der Waals surface area contributed by atoms with Crippen molar-refractivity contribution in [1.82, 2.24) is 9.55 Å². The SMILES string of the molecule is CCCCCCCCCCCCCCCCOCC(COP(=O)(O)OC[C@H]1O[C@@H](n2ccc(N)nc2=O)[C@@H](O)[C@@H]1O)OC(=O)CCCCCCCCCCCCCCC. The number of nitrogens with zero attached hydrogens (tertiary/aromatic N) is 2. The molecule has 1 saturated heterocycles. The van der Waals surface area contributed by atoms with E-state index in [2.05, 4.69) is 18.8 Å². The third-order valence-corrected chi connectivity index (χ3v) is 12.0.